The van der Waals surface area contributed by atoms with E-state index in [1.807, 2.05) is 0 Å². The van der Waals surface area contributed by atoms with Gasteiger partial charge in [0.25, 0.3) is 0 Å². The molecule has 0 heterocycles. The zero-order valence-electron chi connectivity index (χ0n) is 9.69. The second-order valence-corrected chi connectivity index (χ2v) is 3.83. The van der Waals surface area contributed by atoms with Crippen LogP contribution in [0.5, 0.6) is 5.75 Å². The van der Waals surface area contributed by atoms with Gasteiger partial charge in [0.05, 0.1) is 6.10 Å². The Hall–Kier alpha value is -1.38. The number of rotatable bonds is 5. The Morgan fingerprint density at radius 3 is 2.37 bits per heavy atom. The monoisotopic (exact) mass is 283 g/mol. The topological polar surface area (TPSA) is 75.7 Å². The molecule has 1 rings (SSSR count). The smallest absolute Gasteiger partial charge is 0.403 e. The molecule has 1 aromatic carbocycles. The Labute approximate surface area is 106 Å². The fraction of sp³-hybridized carbons (Fsp3) is 0.455. The summed E-state index contributed by atoms with van der Waals surface area (Å²) in [5.41, 5.74) is 5.12. The highest BCUT2D eigenvalue weighted by Crippen LogP contribution is 2.28. The maximum Gasteiger partial charge on any atom is 0.573 e. The van der Waals surface area contributed by atoms with E-state index >= 15 is 0 Å². The van der Waals surface area contributed by atoms with Gasteiger partial charge in [0.15, 0.2) is 11.6 Å². The van der Waals surface area contributed by atoms with Gasteiger partial charge in [0.1, 0.15) is 6.10 Å². The quantitative estimate of drug-likeness (QED) is 0.715. The van der Waals surface area contributed by atoms with E-state index in [0.717, 1.165) is 12.1 Å². The highest BCUT2D eigenvalue weighted by Gasteiger charge is 2.32. The van der Waals surface area contributed by atoms with Gasteiger partial charge in [0, 0.05) is 0 Å². The molecule has 0 aromatic heterocycles. The van der Waals surface area contributed by atoms with Crippen molar-refractivity contribution in [1.29, 1.82) is 0 Å². The number of benzene rings is 1. The molecule has 1 aromatic rings. The molecule has 2 atom stereocenters. The molecule has 0 radical (unpaired) electrons. The first-order valence-electron chi connectivity index (χ1n) is 5.36. The first kappa shape index (κ1) is 15.7. The molecule has 0 aliphatic heterocycles. The van der Waals surface area contributed by atoms with Crippen LogP contribution in [0.4, 0.5) is 17.6 Å². The minimum absolute atomic E-state index is 0.0621. The number of aliphatic hydroxyl groups is 2. The average Bonchev–Trinajstić information content (AvgIpc) is 2.29. The molecule has 108 valence electrons. The first-order chi connectivity index (χ1) is 8.74. The summed E-state index contributed by atoms with van der Waals surface area (Å²) in [5.74, 6) is -2.29. The van der Waals surface area contributed by atoms with Crippen molar-refractivity contribution in [2.24, 2.45) is 5.73 Å². The normalized spacial score (nSPS) is 15.1. The van der Waals surface area contributed by atoms with Crippen molar-refractivity contribution in [1.82, 2.24) is 0 Å². The summed E-state index contributed by atoms with van der Waals surface area (Å²) >= 11 is 0. The number of nitrogens with two attached hydrogens (primary N) is 1. The SMILES string of the molecule is NCCC(O)C(O)c1ccc(OC(F)(F)F)c(F)c1. The van der Waals surface area contributed by atoms with Crippen LogP contribution in [0.2, 0.25) is 0 Å². The first-order valence-corrected chi connectivity index (χ1v) is 5.36. The lowest BCUT2D eigenvalue weighted by Crippen LogP contribution is -2.22. The van der Waals surface area contributed by atoms with Crippen LogP contribution in [-0.2, 0) is 0 Å². The van der Waals surface area contributed by atoms with Gasteiger partial charge in [-0.25, -0.2) is 4.39 Å². The Balaban J connectivity index is 2.87. The van der Waals surface area contributed by atoms with Gasteiger partial charge in [-0.3, -0.25) is 0 Å². The summed E-state index contributed by atoms with van der Waals surface area (Å²) in [6.45, 7) is 0.107. The lowest BCUT2D eigenvalue weighted by Gasteiger charge is -2.18. The number of aliphatic hydroxyl groups excluding tert-OH is 2. The average molecular weight is 283 g/mol. The maximum absolute atomic E-state index is 13.3. The van der Waals surface area contributed by atoms with Crippen LogP contribution >= 0.6 is 0 Å². The largest absolute Gasteiger partial charge is 0.573 e. The van der Waals surface area contributed by atoms with Gasteiger partial charge < -0.3 is 20.7 Å². The molecule has 19 heavy (non-hydrogen) atoms. The standard InChI is InChI=1S/C11H13F4NO3/c12-7-5-6(10(18)8(17)3-4-16)1-2-9(7)19-11(13,14)15/h1-2,5,8,10,17-18H,3-4,16H2. The third kappa shape index (κ3) is 4.66. The summed E-state index contributed by atoms with van der Waals surface area (Å²) in [7, 11) is 0. The fourth-order valence-corrected chi connectivity index (χ4v) is 1.46. The van der Waals surface area contributed by atoms with E-state index in [4.69, 9.17) is 5.73 Å². The van der Waals surface area contributed by atoms with Crippen molar-refractivity contribution in [3.05, 3.63) is 29.6 Å². The summed E-state index contributed by atoms with van der Waals surface area (Å²) in [4.78, 5) is 0. The molecule has 0 aliphatic rings. The van der Waals surface area contributed by atoms with Crippen molar-refractivity contribution >= 4 is 0 Å². The summed E-state index contributed by atoms with van der Waals surface area (Å²) in [5, 5.41) is 19.1. The van der Waals surface area contributed by atoms with Crippen molar-refractivity contribution < 1.29 is 32.5 Å². The van der Waals surface area contributed by atoms with Crippen LogP contribution in [-0.4, -0.2) is 29.2 Å². The molecule has 0 bridgehead atoms. The fourth-order valence-electron chi connectivity index (χ4n) is 1.46. The van der Waals surface area contributed by atoms with Crippen LogP contribution in [0.25, 0.3) is 0 Å². The van der Waals surface area contributed by atoms with Crippen molar-refractivity contribution in [2.75, 3.05) is 6.54 Å². The van der Waals surface area contributed by atoms with Crippen molar-refractivity contribution in [2.45, 2.75) is 25.0 Å². The Kier molecular flexibility index (Phi) is 5.10. The lowest BCUT2D eigenvalue weighted by atomic mass is 10.0. The van der Waals surface area contributed by atoms with Gasteiger partial charge >= 0.3 is 6.36 Å². The van der Waals surface area contributed by atoms with E-state index in [1.54, 1.807) is 0 Å². The molecule has 0 saturated heterocycles. The third-order valence-electron chi connectivity index (χ3n) is 2.35. The Bertz CT molecular complexity index is 425. The van der Waals surface area contributed by atoms with E-state index in [0.29, 0.717) is 6.07 Å². The molecule has 0 amide bonds. The third-order valence-corrected chi connectivity index (χ3v) is 2.35. The minimum Gasteiger partial charge on any atom is -0.403 e. The van der Waals surface area contributed by atoms with Crippen LogP contribution in [0, 0.1) is 5.82 Å². The van der Waals surface area contributed by atoms with Crippen LogP contribution in [0.3, 0.4) is 0 Å². The second kappa shape index (κ2) is 6.18. The molecule has 0 spiro atoms. The minimum atomic E-state index is -5.00. The highest BCUT2D eigenvalue weighted by atomic mass is 19.4. The Morgan fingerprint density at radius 2 is 1.89 bits per heavy atom. The van der Waals surface area contributed by atoms with Crippen LogP contribution in [0.1, 0.15) is 18.1 Å². The van der Waals surface area contributed by atoms with Crippen molar-refractivity contribution in [3.63, 3.8) is 0 Å². The second-order valence-electron chi connectivity index (χ2n) is 3.83. The van der Waals surface area contributed by atoms with Gasteiger partial charge in [-0.2, -0.15) is 0 Å². The molecular formula is C11H13F4NO3. The summed E-state index contributed by atoms with van der Waals surface area (Å²) < 4.78 is 52.5. The van der Waals surface area contributed by atoms with Crippen LogP contribution < -0.4 is 10.5 Å². The maximum atomic E-state index is 13.3. The number of hydrogen-bond donors (Lipinski definition) is 3. The summed E-state index contributed by atoms with van der Waals surface area (Å²) in [6, 6.07) is 2.44. The predicted octanol–water partition coefficient (Wildman–Crippen LogP) is 1.47. The summed E-state index contributed by atoms with van der Waals surface area (Å²) in [6.07, 6.45) is -7.58. The Morgan fingerprint density at radius 1 is 1.26 bits per heavy atom. The molecule has 4 nitrogen and oxygen atoms in total. The zero-order chi connectivity index (χ0) is 14.6. The van der Waals surface area contributed by atoms with Crippen molar-refractivity contribution in [3.8, 4) is 5.75 Å². The molecule has 8 heteroatoms. The molecule has 0 fully saturated rings. The number of hydrogen-bond acceptors (Lipinski definition) is 4. The van der Waals surface area contributed by atoms with Gasteiger partial charge in [0.2, 0.25) is 0 Å². The van der Waals surface area contributed by atoms with E-state index in [9.17, 15) is 27.8 Å². The van der Waals surface area contributed by atoms with E-state index in [-0.39, 0.29) is 18.5 Å². The molecular weight excluding hydrogens is 270 g/mol. The van der Waals surface area contributed by atoms with Gasteiger partial charge in [-0.15, -0.1) is 13.2 Å². The zero-order valence-corrected chi connectivity index (χ0v) is 9.69. The van der Waals surface area contributed by atoms with E-state index in [2.05, 4.69) is 4.74 Å². The predicted molar refractivity (Wildman–Crippen MR) is 57.7 cm³/mol. The number of alkyl halides is 3. The van der Waals surface area contributed by atoms with E-state index < -0.39 is 30.1 Å². The molecule has 0 saturated carbocycles. The van der Waals surface area contributed by atoms with E-state index in [1.165, 1.54) is 0 Å². The van der Waals surface area contributed by atoms with Gasteiger partial charge in [-0.1, -0.05) is 6.07 Å². The van der Waals surface area contributed by atoms with Crippen LogP contribution in [0.15, 0.2) is 18.2 Å². The molecule has 0 aliphatic carbocycles. The molecule has 4 N–H and O–H groups in total. The highest BCUT2D eigenvalue weighted by molar-refractivity contribution is 5.31. The number of halogens is 4. The van der Waals surface area contributed by atoms with Gasteiger partial charge in [-0.05, 0) is 30.7 Å². The molecule has 2 unspecified atom stereocenters. The lowest BCUT2D eigenvalue weighted by molar-refractivity contribution is -0.275. The number of ether oxygens (including phenoxy) is 1.